The van der Waals surface area contributed by atoms with E-state index < -0.39 is 0 Å². The molecule has 0 N–H and O–H groups in total. The van der Waals surface area contributed by atoms with Crippen LogP contribution in [0.4, 0.5) is 0 Å². The van der Waals surface area contributed by atoms with Gasteiger partial charge in [0.15, 0.2) is 0 Å². The fraction of sp³-hybridized carbons (Fsp3) is 0. The third kappa shape index (κ3) is 1.44. The van der Waals surface area contributed by atoms with E-state index in [1.807, 2.05) is 47.1 Å². The number of hydrogen-bond acceptors (Lipinski definition) is 1. The molecule has 1 aromatic carbocycles. The monoisotopic (exact) mass is 272 g/mol. The number of hydrogen-bond donors (Lipinski definition) is 0. The standard InChI is InChI=1S/C13H9BrN2/c14-12-11-8-4-5-9-16(11)15-13(12)10-6-2-1-3-7-10/h1-9H. The Morgan fingerprint density at radius 2 is 1.69 bits per heavy atom. The van der Waals surface area contributed by atoms with Crippen molar-refractivity contribution in [1.29, 1.82) is 0 Å². The Kier molecular flexibility index (Phi) is 2.26. The van der Waals surface area contributed by atoms with Gasteiger partial charge in [-0.2, -0.15) is 5.10 Å². The van der Waals surface area contributed by atoms with Gasteiger partial charge in [-0.3, -0.25) is 0 Å². The molecule has 0 aliphatic heterocycles. The molecule has 0 atom stereocenters. The summed E-state index contributed by atoms with van der Waals surface area (Å²) in [4.78, 5) is 0. The highest BCUT2D eigenvalue weighted by Crippen LogP contribution is 2.30. The molecule has 0 unspecified atom stereocenters. The molecule has 3 heteroatoms. The number of halogens is 1. The Hall–Kier alpha value is -1.61. The molecule has 0 radical (unpaired) electrons. The summed E-state index contributed by atoms with van der Waals surface area (Å²) in [5.74, 6) is 0. The average molecular weight is 273 g/mol. The van der Waals surface area contributed by atoms with Gasteiger partial charge in [0.25, 0.3) is 0 Å². The molecule has 78 valence electrons. The predicted octanol–water partition coefficient (Wildman–Crippen LogP) is 3.76. The Labute approximate surface area is 102 Å². The quantitative estimate of drug-likeness (QED) is 0.659. The van der Waals surface area contributed by atoms with E-state index in [0.29, 0.717) is 0 Å². The number of fused-ring (bicyclic) bond motifs is 1. The second-order valence-corrected chi connectivity index (χ2v) is 4.35. The van der Waals surface area contributed by atoms with Crippen molar-refractivity contribution in [3.05, 3.63) is 59.2 Å². The van der Waals surface area contributed by atoms with Crippen molar-refractivity contribution < 1.29 is 0 Å². The van der Waals surface area contributed by atoms with Gasteiger partial charge in [-0.1, -0.05) is 36.4 Å². The summed E-state index contributed by atoms with van der Waals surface area (Å²) >= 11 is 3.61. The number of benzene rings is 1. The Morgan fingerprint density at radius 3 is 2.44 bits per heavy atom. The normalized spacial score (nSPS) is 10.8. The van der Waals surface area contributed by atoms with Crippen LogP contribution in [0.1, 0.15) is 0 Å². The first-order valence-corrected chi connectivity index (χ1v) is 5.84. The van der Waals surface area contributed by atoms with E-state index in [4.69, 9.17) is 0 Å². The topological polar surface area (TPSA) is 17.3 Å². The van der Waals surface area contributed by atoms with Crippen LogP contribution in [0.3, 0.4) is 0 Å². The van der Waals surface area contributed by atoms with Crippen molar-refractivity contribution in [3.63, 3.8) is 0 Å². The van der Waals surface area contributed by atoms with Crippen LogP contribution in [-0.2, 0) is 0 Å². The molecule has 2 aromatic heterocycles. The SMILES string of the molecule is Brc1c(-c2ccccc2)nn2ccccc12. The first-order valence-electron chi connectivity index (χ1n) is 5.04. The third-order valence-corrected chi connectivity index (χ3v) is 3.31. The molecule has 0 amide bonds. The third-order valence-electron chi connectivity index (χ3n) is 2.53. The summed E-state index contributed by atoms with van der Waals surface area (Å²) < 4.78 is 2.92. The Morgan fingerprint density at radius 1 is 0.938 bits per heavy atom. The maximum absolute atomic E-state index is 4.55. The van der Waals surface area contributed by atoms with Crippen molar-refractivity contribution in [2.75, 3.05) is 0 Å². The molecular formula is C13H9BrN2. The van der Waals surface area contributed by atoms with Crippen LogP contribution in [0.2, 0.25) is 0 Å². The minimum atomic E-state index is 0.979. The largest absolute Gasteiger partial charge is 0.239 e. The number of nitrogens with zero attached hydrogens (tertiary/aromatic N) is 2. The van der Waals surface area contributed by atoms with E-state index in [9.17, 15) is 0 Å². The van der Waals surface area contributed by atoms with E-state index >= 15 is 0 Å². The molecule has 0 bridgehead atoms. The first-order chi connectivity index (χ1) is 7.86. The fourth-order valence-electron chi connectivity index (χ4n) is 1.75. The van der Waals surface area contributed by atoms with Gasteiger partial charge in [0, 0.05) is 11.8 Å². The molecule has 0 saturated heterocycles. The highest BCUT2D eigenvalue weighted by molar-refractivity contribution is 9.10. The molecule has 0 aliphatic carbocycles. The van der Waals surface area contributed by atoms with Crippen LogP contribution in [0.5, 0.6) is 0 Å². The van der Waals surface area contributed by atoms with Gasteiger partial charge < -0.3 is 0 Å². The first kappa shape index (κ1) is 9.60. The summed E-state index contributed by atoms with van der Waals surface area (Å²) in [7, 11) is 0. The summed E-state index contributed by atoms with van der Waals surface area (Å²) in [6, 6.07) is 16.2. The summed E-state index contributed by atoms with van der Waals surface area (Å²) in [5, 5.41) is 4.55. The smallest absolute Gasteiger partial charge is 0.108 e. The van der Waals surface area contributed by atoms with Crippen molar-refractivity contribution in [2.24, 2.45) is 0 Å². The maximum Gasteiger partial charge on any atom is 0.108 e. The fourth-order valence-corrected chi connectivity index (χ4v) is 2.37. The summed E-state index contributed by atoms with van der Waals surface area (Å²) in [6.07, 6.45) is 1.95. The van der Waals surface area contributed by atoms with E-state index in [2.05, 4.69) is 33.2 Å². The lowest BCUT2D eigenvalue weighted by molar-refractivity contribution is 0.966. The van der Waals surface area contributed by atoms with Crippen molar-refractivity contribution >= 4 is 21.4 Å². The minimum Gasteiger partial charge on any atom is -0.239 e. The van der Waals surface area contributed by atoms with Crippen molar-refractivity contribution in [3.8, 4) is 11.3 Å². The van der Waals surface area contributed by atoms with Gasteiger partial charge in [0.05, 0.1) is 9.99 Å². The highest BCUT2D eigenvalue weighted by Gasteiger charge is 2.10. The second kappa shape index (κ2) is 3.76. The molecule has 0 spiro atoms. The van der Waals surface area contributed by atoms with Crippen LogP contribution in [0.25, 0.3) is 16.8 Å². The molecule has 3 rings (SSSR count). The van der Waals surface area contributed by atoms with Crippen molar-refractivity contribution in [1.82, 2.24) is 9.61 Å². The van der Waals surface area contributed by atoms with E-state index in [-0.39, 0.29) is 0 Å². The molecule has 0 fully saturated rings. The van der Waals surface area contributed by atoms with Gasteiger partial charge >= 0.3 is 0 Å². The van der Waals surface area contributed by atoms with Gasteiger partial charge in [0.2, 0.25) is 0 Å². The molecule has 2 heterocycles. The van der Waals surface area contributed by atoms with Crippen molar-refractivity contribution in [2.45, 2.75) is 0 Å². The second-order valence-electron chi connectivity index (χ2n) is 3.56. The number of aromatic nitrogens is 2. The summed E-state index contributed by atoms with van der Waals surface area (Å²) in [5.41, 5.74) is 3.19. The van der Waals surface area contributed by atoms with Crippen LogP contribution in [0.15, 0.2) is 59.2 Å². The van der Waals surface area contributed by atoms with Crippen LogP contribution in [-0.4, -0.2) is 9.61 Å². The summed E-state index contributed by atoms with van der Waals surface area (Å²) in [6.45, 7) is 0. The Bertz CT molecular complexity index is 629. The molecular weight excluding hydrogens is 264 g/mol. The zero-order chi connectivity index (χ0) is 11.0. The lowest BCUT2D eigenvalue weighted by Crippen LogP contribution is -1.84. The number of pyridine rings is 1. The van der Waals surface area contributed by atoms with Gasteiger partial charge in [-0.25, -0.2) is 4.52 Å². The zero-order valence-electron chi connectivity index (χ0n) is 8.47. The van der Waals surface area contributed by atoms with E-state index in [1.54, 1.807) is 0 Å². The van der Waals surface area contributed by atoms with Gasteiger partial charge in [-0.15, -0.1) is 0 Å². The number of rotatable bonds is 1. The molecule has 16 heavy (non-hydrogen) atoms. The van der Waals surface area contributed by atoms with E-state index in [1.165, 1.54) is 0 Å². The van der Waals surface area contributed by atoms with Gasteiger partial charge in [0.1, 0.15) is 5.69 Å². The van der Waals surface area contributed by atoms with Crippen LogP contribution < -0.4 is 0 Å². The Balaban J connectivity index is 2.29. The average Bonchev–Trinajstić information content (AvgIpc) is 2.69. The van der Waals surface area contributed by atoms with E-state index in [0.717, 1.165) is 21.2 Å². The molecule has 0 saturated carbocycles. The van der Waals surface area contributed by atoms with Gasteiger partial charge in [-0.05, 0) is 28.1 Å². The maximum atomic E-state index is 4.55. The highest BCUT2D eigenvalue weighted by atomic mass is 79.9. The zero-order valence-corrected chi connectivity index (χ0v) is 10.1. The minimum absolute atomic E-state index is 0.979. The molecule has 3 aromatic rings. The predicted molar refractivity (Wildman–Crippen MR) is 68.3 cm³/mol. The lowest BCUT2D eigenvalue weighted by Gasteiger charge is -1.95. The van der Waals surface area contributed by atoms with Crippen LogP contribution in [0, 0.1) is 0 Å². The molecule has 0 aliphatic rings. The lowest BCUT2D eigenvalue weighted by atomic mass is 10.1. The molecule has 2 nitrogen and oxygen atoms in total. The van der Waals surface area contributed by atoms with Crippen LogP contribution >= 0.6 is 15.9 Å².